The highest BCUT2D eigenvalue weighted by Gasteiger charge is 2.15. The lowest BCUT2D eigenvalue weighted by Gasteiger charge is -2.16. The van der Waals surface area contributed by atoms with Crippen LogP contribution < -0.4 is 5.32 Å². The third-order valence-electron chi connectivity index (χ3n) is 1.47. The lowest BCUT2D eigenvalue weighted by molar-refractivity contribution is -0.117. The second-order valence-corrected chi connectivity index (χ2v) is 6.87. The summed E-state index contributed by atoms with van der Waals surface area (Å²) in [6.45, 7) is 7.14. The highest BCUT2D eigenvalue weighted by atomic mass is 32.2. The molecule has 1 rings (SSSR count). The molecule has 14 heavy (non-hydrogen) atoms. The quantitative estimate of drug-likeness (QED) is 0.788. The number of hydrogen-bond acceptors (Lipinski definition) is 4. The van der Waals surface area contributed by atoms with Gasteiger partial charge in [-0.2, -0.15) is 0 Å². The van der Waals surface area contributed by atoms with Crippen LogP contribution in [-0.2, 0) is 4.79 Å². The number of aliphatic imine (C=N–C) groups is 1. The number of carbonyl (C=O) groups excluding carboxylic acids is 1. The van der Waals surface area contributed by atoms with E-state index in [4.69, 9.17) is 0 Å². The number of carbonyl (C=O) groups is 1. The van der Waals surface area contributed by atoms with Gasteiger partial charge in [-0.05, 0) is 0 Å². The van der Waals surface area contributed by atoms with Gasteiger partial charge in [-0.15, -0.1) is 11.8 Å². The van der Waals surface area contributed by atoms with Crippen molar-refractivity contribution in [1.82, 2.24) is 5.32 Å². The van der Waals surface area contributed by atoms with Crippen molar-refractivity contribution in [2.75, 3.05) is 18.1 Å². The third kappa shape index (κ3) is 4.91. The molecule has 0 atom stereocenters. The Hall–Kier alpha value is -0.160. The van der Waals surface area contributed by atoms with Gasteiger partial charge in [0, 0.05) is 10.5 Å². The fourth-order valence-electron chi connectivity index (χ4n) is 0.848. The molecule has 0 aromatic carbocycles. The van der Waals surface area contributed by atoms with Crippen molar-refractivity contribution in [1.29, 1.82) is 0 Å². The fraction of sp³-hybridized carbons (Fsp3) is 0.778. The van der Waals surface area contributed by atoms with Gasteiger partial charge >= 0.3 is 0 Å². The monoisotopic (exact) mass is 232 g/mol. The summed E-state index contributed by atoms with van der Waals surface area (Å²) >= 11 is 3.26. The van der Waals surface area contributed by atoms with Gasteiger partial charge in [0.15, 0.2) is 5.17 Å². The molecule has 0 bridgehead atoms. The van der Waals surface area contributed by atoms with Gasteiger partial charge in [-0.3, -0.25) is 9.79 Å². The summed E-state index contributed by atoms with van der Waals surface area (Å²) in [4.78, 5) is 15.6. The Kier molecular flexibility index (Phi) is 4.31. The number of nitrogens with one attached hydrogen (secondary N) is 1. The van der Waals surface area contributed by atoms with Crippen LogP contribution in [-0.4, -0.2) is 33.9 Å². The van der Waals surface area contributed by atoms with Gasteiger partial charge in [-0.25, -0.2) is 0 Å². The second-order valence-electron chi connectivity index (χ2n) is 3.98. The van der Waals surface area contributed by atoms with Crippen LogP contribution in [0, 0.1) is 0 Å². The van der Waals surface area contributed by atoms with E-state index < -0.39 is 0 Å². The molecule has 0 aromatic heterocycles. The van der Waals surface area contributed by atoms with Crippen molar-refractivity contribution in [3.63, 3.8) is 0 Å². The summed E-state index contributed by atoms with van der Waals surface area (Å²) in [5, 5.41) is 3.59. The molecule has 0 aliphatic carbocycles. The molecule has 0 radical (unpaired) electrons. The molecule has 3 nitrogen and oxygen atoms in total. The fourth-order valence-corrected chi connectivity index (χ4v) is 2.23. The minimum Gasteiger partial charge on any atom is -0.305 e. The first-order valence-corrected chi connectivity index (χ1v) is 6.55. The summed E-state index contributed by atoms with van der Waals surface area (Å²) in [6.07, 6.45) is 0. The number of thioether (sulfide) groups is 2. The molecule has 1 aliphatic heterocycles. The van der Waals surface area contributed by atoms with Gasteiger partial charge in [0.25, 0.3) is 0 Å². The maximum Gasteiger partial charge on any atom is 0.235 e. The Morgan fingerprint density at radius 1 is 1.64 bits per heavy atom. The molecule has 0 saturated carbocycles. The number of rotatable bonds is 2. The van der Waals surface area contributed by atoms with Crippen molar-refractivity contribution in [2.24, 2.45) is 4.99 Å². The largest absolute Gasteiger partial charge is 0.305 e. The van der Waals surface area contributed by atoms with Crippen LogP contribution in [0.2, 0.25) is 0 Å². The molecule has 1 N–H and O–H groups in total. The molecule has 5 heteroatoms. The number of amides is 1. The van der Waals surface area contributed by atoms with Crippen molar-refractivity contribution >= 4 is 34.6 Å². The molecule has 80 valence electrons. The first-order valence-electron chi connectivity index (χ1n) is 4.58. The summed E-state index contributed by atoms with van der Waals surface area (Å²) in [7, 11) is 0. The van der Waals surface area contributed by atoms with E-state index in [9.17, 15) is 4.79 Å². The Morgan fingerprint density at radius 2 is 2.36 bits per heavy atom. The van der Waals surface area contributed by atoms with Crippen molar-refractivity contribution < 1.29 is 4.79 Å². The molecular formula is C9H16N2OS2. The molecule has 0 fully saturated rings. The number of hydrogen-bond donors (Lipinski definition) is 1. The van der Waals surface area contributed by atoms with Gasteiger partial charge in [-0.1, -0.05) is 32.5 Å². The molecule has 0 aromatic rings. The highest BCUT2D eigenvalue weighted by molar-refractivity contribution is 8.14. The molecular weight excluding hydrogens is 216 g/mol. The average molecular weight is 232 g/mol. The maximum atomic E-state index is 11.4. The minimum absolute atomic E-state index is 0.0538. The lowest BCUT2D eigenvalue weighted by Crippen LogP contribution is -2.30. The predicted octanol–water partition coefficient (Wildman–Crippen LogP) is 1.74. The van der Waals surface area contributed by atoms with E-state index in [0.717, 1.165) is 17.5 Å². The lowest BCUT2D eigenvalue weighted by atomic mass is 10.3. The zero-order chi connectivity index (χ0) is 10.6. The zero-order valence-corrected chi connectivity index (χ0v) is 10.4. The van der Waals surface area contributed by atoms with Crippen molar-refractivity contribution in [3.8, 4) is 0 Å². The van der Waals surface area contributed by atoms with E-state index >= 15 is 0 Å². The van der Waals surface area contributed by atoms with E-state index in [1.807, 2.05) is 0 Å². The minimum atomic E-state index is 0.0538. The van der Waals surface area contributed by atoms with Gasteiger partial charge < -0.3 is 5.32 Å². The van der Waals surface area contributed by atoms with Crippen molar-refractivity contribution in [3.05, 3.63) is 0 Å². The standard InChI is InChI=1S/C9H16N2OS2/c1-9(2,3)14-6-7(12)11-8-10-4-5-13-8/h4-6H2,1-3H3,(H,10,11,12). The Labute approximate surface area is 93.5 Å². The summed E-state index contributed by atoms with van der Waals surface area (Å²) < 4.78 is 0.141. The molecule has 0 unspecified atom stereocenters. The normalized spacial score (nSPS) is 16.6. The topological polar surface area (TPSA) is 41.5 Å². The Bertz CT molecular complexity index is 246. The van der Waals surface area contributed by atoms with E-state index in [-0.39, 0.29) is 10.7 Å². The van der Waals surface area contributed by atoms with Crippen LogP contribution >= 0.6 is 23.5 Å². The molecule has 1 heterocycles. The highest BCUT2D eigenvalue weighted by Crippen LogP contribution is 2.22. The van der Waals surface area contributed by atoms with Gasteiger partial charge in [0.1, 0.15) is 0 Å². The van der Waals surface area contributed by atoms with Gasteiger partial charge in [0.2, 0.25) is 5.91 Å². The smallest absolute Gasteiger partial charge is 0.235 e. The summed E-state index contributed by atoms with van der Waals surface area (Å²) in [5.41, 5.74) is 0. The Morgan fingerprint density at radius 3 is 2.86 bits per heavy atom. The van der Waals surface area contributed by atoms with Crippen LogP contribution in [0.1, 0.15) is 20.8 Å². The van der Waals surface area contributed by atoms with Gasteiger partial charge in [0.05, 0.1) is 12.3 Å². The van der Waals surface area contributed by atoms with Crippen LogP contribution in [0.25, 0.3) is 0 Å². The SMILES string of the molecule is CC(C)(C)SCC(=O)NC1=NCCS1. The van der Waals surface area contributed by atoms with Crippen LogP contribution in [0.4, 0.5) is 0 Å². The first-order chi connectivity index (χ1) is 6.47. The van der Waals surface area contributed by atoms with E-state index in [0.29, 0.717) is 5.75 Å². The zero-order valence-electron chi connectivity index (χ0n) is 8.79. The van der Waals surface area contributed by atoms with E-state index in [1.165, 1.54) is 0 Å². The van der Waals surface area contributed by atoms with E-state index in [2.05, 4.69) is 31.1 Å². The molecule has 0 saturated heterocycles. The molecule has 1 amide bonds. The van der Waals surface area contributed by atoms with Crippen molar-refractivity contribution in [2.45, 2.75) is 25.5 Å². The second kappa shape index (κ2) is 5.07. The summed E-state index contributed by atoms with van der Waals surface area (Å²) in [6, 6.07) is 0. The first kappa shape index (κ1) is 11.9. The Balaban J connectivity index is 2.22. The number of nitrogens with zero attached hydrogens (tertiary/aromatic N) is 1. The summed E-state index contributed by atoms with van der Waals surface area (Å²) in [5.74, 6) is 1.54. The number of amidine groups is 1. The third-order valence-corrected chi connectivity index (χ3v) is 3.63. The van der Waals surface area contributed by atoms with Crippen LogP contribution in [0.15, 0.2) is 4.99 Å². The van der Waals surface area contributed by atoms with Crippen LogP contribution in [0.3, 0.4) is 0 Å². The maximum absolute atomic E-state index is 11.4. The molecule has 0 spiro atoms. The molecule has 1 aliphatic rings. The average Bonchev–Trinajstić information content (AvgIpc) is 2.52. The van der Waals surface area contributed by atoms with Crippen LogP contribution in [0.5, 0.6) is 0 Å². The van der Waals surface area contributed by atoms with E-state index in [1.54, 1.807) is 23.5 Å². The predicted molar refractivity (Wildman–Crippen MR) is 65.1 cm³/mol.